The zero-order chi connectivity index (χ0) is 21.6. The molecule has 0 saturated carbocycles. The van der Waals surface area contributed by atoms with Gasteiger partial charge in [-0.2, -0.15) is 16.5 Å². The topological polar surface area (TPSA) is 82.6 Å². The van der Waals surface area contributed by atoms with Crippen LogP contribution in [0.15, 0.2) is 53.6 Å². The number of hydrogen-bond acceptors (Lipinski definition) is 6. The number of thioether (sulfide) groups is 1. The number of rotatable bonds is 8. The Morgan fingerprint density at radius 3 is 2.47 bits per heavy atom. The monoisotopic (exact) mass is 452 g/mol. The Bertz CT molecular complexity index is 934. The van der Waals surface area contributed by atoms with Crippen molar-refractivity contribution in [2.24, 2.45) is 0 Å². The molecule has 1 saturated heterocycles. The van der Waals surface area contributed by atoms with E-state index >= 15 is 0 Å². The van der Waals surface area contributed by atoms with Gasteiger partial charge < -0.3 is 9.80 Å². The second-order valence-electron chi connectivity index (χ2n) is 6.91. The van der Waals surface area contributed by atoms with Crippen LogP contribution in [-0.4, -0.2) is 68.4 Å². The van der Waals surface area contributed by atoms with Gasteiger partial charge in [-0.1, -0.05) is 6.07 Å². The molecule has 0 radical (unpaired) electrons. The van der Waals surface area contributed by atoms with Crippen molar-refractivity contribution in [1.82, 2.24) is 14.6 Å². The van der Waals surface area contributed by atoms with Gasteiger partial charge in [0.1, 0.15) is 17.7 Å². The molecule has 0 unspecified atom stereocenters. The minimum absolute atomic E-state index is 0.0641. The Morgan fingerprint density at radius 2 is 1.87 bits per heavy atom. The molecule has 1 fully saturated rings. The van der Waals surface area contributed by atoms with Gasteiger partial charge in [-0.05, 0) is 54.8 Å². The van der Waals surface area contributed by atoms with Crippen molar-refractivity contribution in [1.29, 1.82) is 0 Å². The highest BCUT2D eigenvalue weighted by Gasteiger charge is 2.31. The fourth-order valence-corrected chi connectivity index (χ4v) is 4.95. The summed E-state index contributed by atoms with van der Waals surface area (Å²) in [6.45, 7) is 2.23. The van der Waals surface area contributed by atoms with E-state index in [0.29, 0.717) is 38.4 Å². The molecule has 1 aromatic heterocycles. The van der Waals surface area contributed by atoms with E-state index in [2.05, 4.69) is 14.6 Å². The van der Waals surface area contributed by atoms with Crippen molar-refractivity contribution >= 4 is 33.5 Å². The van der Waals surface area contributed by atoms with Crippen LogP contribution in [0.2, 0.25) is 0 Å². The van der Waals surface area contributed by atoms with E-state index in [1.54, 1.807) is 22.9 Å². The van der Waals surface area contributed by atoms with Crippen LogP contribution in [0, 0.1) is 5.82 Å². The molecule has 1 N–H and O–H groups in total. The standard InChI is InChI=1S/C20H25FN4O3S2/c1-29-15-9-18(23-30(27,28)17-7-5-16(21)6-8-17)20(26)25-13-11-24(12-14-25)19-4-2-3-10-22-19/h2-8,10,18,23H,9,11-15H2,1H3/t18-/m0/s1. The van der Waals surface area contributed by atoms with Gasteiger partial charge in [0, 0.05) is 32.4 Å². The summed E-state index contributed by atoms with van der Waals surface area (Å²) >= 11 is 1.54. The first-order valence-corrected chi connectivity index (χ1v) is 12.5. The maximum absolute atomic E-state index is 13.1. The number of anilines is 1. The van der Waals surface area contributed by atoms with Crippen molar-refractivity contribution < 1.29 is 17.6 Å². The van der Waals surface area contributed by atoms with Gasteiger partial charge in [0.2, 0.25) is 15.9 Å². The third-order valence-electron chi connectivity index (χ3n) is 4.89. The molecule has 1 aromatic carbocycles. The van der Waals surface area contributed by atoms with E-state index in [1.165, 1.54) is 12.1 Å². The summed E-state index contributed by atoms with van der Waals surface area (Å²) in [6, 6.07) is 9.40. The van der Waals surface area contributed by atoms with E-state index in [9.17, 15) is 17.6 Å². The molecule has 0 bridgehead atoms. The highest BCUT2D eigenvalue weighted by atomic mass is 32.2. The van der Waals surface area contributed by atoms with Crippen LogP contribution in [0.3, 0.4) is 0 Å². The zero-order valence-corrected chi connectivity index (χ0v) is 18.3. The van der Waals surface area contributed by atoms with Crippen molar-refractivity contribution in [2.75, 3.05) is 43.1 Å². The minimum atomic E-state index is -3.94. The summed E-state index contributed by atoms with van der Waals surface area (Å²) < 4.78 is 41.1. The molecule has 30 heavy (non-hydrogen) atoms. The Morgan fingerprint density at radius 1 is 1.17 bits per heavy atom. The molecule has 1 amide bonds. The first-order chi connectivity index (χ1) is 14.4. The van der Waals surface area contributed by atoms with Gasteiger partial charge in [-0.3, -0.25) is 4.79 Å². The molecule has 1 aliphatic heterocycles. The van der Waals surface area contributed by atoms with E-state index in [-0.39, 0.29) is 10.8 Å². The summed E-state index contributed by atoms with van der Waals surface area (Å²) in [5.74, 6) is 0.738. The van der Waals surface area contributed by atoms with Crippen LogP contribution in [0.25, 0.3) is 0 Å². The predicted octanol–water partition coefficient (Wildman–Crippen LogP) is 1.97. The molecule has 1 atom stereocenters. The number of amides is 1. The lowest BCUT2D eigenvalue weighted by molar-refractivity contribution is -0.133. The van der Waals surface area contributed by atoms with E-state index in [0.717, 1.165) is 18.0 Å². The summed E-state index contributed by atoms with van der Waals surface area (Å²) in [7, 11) is -3.94. The number of piperazine rings is 1. The lowest BCUT2D eigenvalue weighted by Crippen LogP contribution is -2.55. The first kappa shape index (κ1) is 22.5. The Labute approximate surface area is 180 Å². The number of nitrogens with one attached hydrogen (secondary N) is 1. The normalized spacial score (nSPS) is 15.8. The SMILES string of the molecule is CSCC[C@H](NS(=O)(=O)c1ccc(F)cc1)C(=O)N1CCN(c2ccccn2)CC1. The molecular weight excluding hydrogens is 427 g/mol. The van der Waals surface area contributed by atoms with Gasteiger partial charge >= 0.3 is 0 Å². The maximum atomic E-state index is 13.1. The number of halogens is 1. The number of benzene rings is 1. The molecule has 2 heterocycles. The second kappa shape index (κ2) is 10.2. The molecule has 162 valence electrons. The van der Waals surface area contributed by atoms with Crippen molar-refractivity contribution in [3.63, 3.8) is 0 Å². The van der Waals surface area contributed by atoms with Gasteiger partial charge in [0.15, 0.2) is 0 Å². The zero-order valence-electron chi connectivity index (χ0n) is 16.7. The molecule has 3 rings (SSSR count). The van der Waals surface area contributed by atoms with Crippen molar-refractivity contribution in [3.05, 3.63) is 54.5 Å². The molecule has 7 nitrogen and oxygen atoms in total. The lowest BCUT2D eigenvalue weighted by Gasteiger charge is -2.37. The summed E-state index contributed by atoms with van der Waals surface area (Å²) in [4.78, 5) is 21.2. The number of carbonyl (C=O) groups excluding carboxylic acids is 1. The summed E-state index contributed by atoms with van der Waals surface area (Å²) in [5, 5.41) is 0. The molecule has 2 aromatic rings. The van der Waals surface area contributed by atoms with Crippen LogP contribution in [-0.2, 0) is 14.8 Å². The Hall–Kier alpha value is -2.17. The van der Waals surface area contributed by atoms with Crippen molar-refractivity contribution in [3.8, 4) is 0 Å². The fourth-order valence-electron chi connectivity index (χ4n) is 3.25. The number of pyridine rings is 1. The highest BCUT2D eigenvalue weighted by Crippen LogP contribution is 2.16. The van der Waals surface area contributed by atoms with Crippen LogP contribution in [0.5, 0.6) is 0 Å². The van der Waals surface area contributed by atoms with Gasteiger partial charge in [-0.25, -0.2) is 17.8 Å². The molecular formula is C20H25FN4O3S2. The molecule has 0 aliphatic carbocycles. The Kier molecular flexibility index (Phi) is 7.68. The first-order valence-electron chi connectivity index (χ1n) is 9.62. The van der Waals surface area contributed by atoms with Crippen LogP contribution in [0.4, 0.5) is 10.2 Å². The third-order valence-corrected chi connectivity index (χ3v) is 7.03. The predicted molar refractivity (Wildman–Crippen MR) is 117 cm³/mol. The second-order valence-corrected chi connectivity index (χ2v) is 9.61. The quantitative estimate of drug-likeness (QED) is 0.660. The molecule has 0 spiro atoms. The average Bonchev–Trinajstić information content (AvgIpc) is 2.77. The molecule has 10 heteroatoms. The van der Waals surface area contributed by atoms with E-state index < -0.39 is 21.9 Å². The van der Waals surface area contributed by atoms with Gasteiger partial charge in [-0.15, -0.1) is 0 Å². The number of sulfonamides is 1. The maximum Gasteiger partial charge on any atom is 0.241 e. The summed E-state index contributed by atoms with van der Waals surface area (Å²) in [5.41, 5.74) is 0. The van der Waals surface area contributed by atoms with Gasteiger partial charge in [0.25, 0.3) is 0 Å². The molecule has 1 aliphatic rings. The average molecular weight is 453 g/mol. The van der Waals surface area contributed by atoms with Crippen LogP contribution >= 0.6 is 11.8 Å². The number of aromatic nitrogens is 1. The fraction of sp³-hybridized carbons (Fsp3) is 0.400. The lowest BCUT2D eigenvalue weighted by atomic mass is 10.2. The summed E-state index contributed by atoms with van der Waals surface area (Å²) in [6.07, 6.45) is 4.01. The van der Waals surface area contributed by atoms with Crippen molar-refractivity contribution in [2.45, 2.75) is 17.4 Å². The van der Waals surface area contributed by atoms with Crippen LogP contribution < -0.4 is 9.62 Å². The third kappa shape index (κ3) is 5.71. The number of carbonyl (C=O) groups is 1. The largest absolute Gasteiger partial charge is 0.353 e. The number of hydrogen-bond donors (Lipinski definition) is 1. The van der Waals surface area contributed by atoms with E-state index in [1.807, 2.05) is 24.5 Å². The minimum Gasteiger partial charge on any atom is -0.353 e. The highest BCUT2D eigenvalue weighted by molar-refractivity contribution is 7.98. The number of nitrogens with zero attached hydrogens (tertiary/aromatic N) is 3. The smallest absolute Gasteiger partial charge is 0.241 e. The Balaban J connectivity index is 1.67. The van der Waals surface area contributed by atoms with E-state index in [4.69, 9.17) is 0 Å². The van der Waals surface area contributed by atoms with Crippen LogP contribution in [0.1, 0.15) is 6.42 Å². The van der Waals surface area contributed by atoms with Gasteiger partial charge in [0.05, 0.1) is 4.90 Å².